The normalized spacial score (nSPS) is 15.8. The summed E-state index contributed by atoms with van der Waals surface area (Å²) in [6.07, 6.45) is 5.99. The number of piperidine rings is 2. The molecule has 0 aliphatic carbocycles. The number of hydrogen-bond acceptors (Lipinski definition) is 15. The highest BCUT2D eigenvalue weighted by molar-refractivity contribution is 7.84. The zero-order valence-electron chi connectivity index (χ0n) is 41.4. The van der Waals surface area contributed by atoms with Crippen LogP contribution in [0.3, 0.4) is 0 Å². The molecular formula is C55H62N10O7S. The van der Waals surface area contributed by atoms with Crippen LogP contribution in [0, 0.1) is 22.7 Å². The highest BCUT2D eigenvalue weighted by Crippen LogP contribution is 2.37. The first-order chi connectivity index (χ1) is 35.3. The second kappa shape index (κ2) is 27.7. The first-order valence-electron chi connectivity index (χ1n) is 23.8. The van der Waals surface area contributed by atoms with Crippen molar-refractivity contribution in [2.75, 3.05) is 65.1 Å². The van der Waals surface area contributed by atoms with E-state index in [1.165, 1.54) is 25.6 Å². The number of para-hydroxylation sites is 2. The van der Waals surface area contributed by atoms with Crippen molar-refractivity contribution in [2.45, 2.75) is 55.9 Å². The summed E-state index contributed by atoms with van der Waals surface area (Å²) in [5.41, 5.74) is 21.4. The fraction of sp³-hybridized carbons (Fsp3) is 0.309. The van der Waals surface area contributed by atoms with Gasteiger partial charge in [0.1, 0.15) is 48.0 Å². The quantitative estimate of drug-likeness (QED) is 0.0770. The minimum absolute atomic E-state index is 0.00326. The van der Waals surface area contributed by atoms with Gasteiger partial charge in [0.15, 0.2) is 13.2 Å². The zero-order valence-corrected chi connectivity index (χ0v) is 42.2. The Morgan fingerprint density at radius 2 is 1.14 bits per heavy atom. The van der Waals surface area contributed by atoms with Crippen LogP contribution in [0.4, 0.5) is 5.69 Å². The van der Waals surface area contributed by atoms with E-state index >= 15 is 0 Å². The van der Waals surface area contributed by atoms with E-state index in [2.05, 4.69) is 45.2 Å². The SMILES string of the molecule is CN1CCCC(N)C1.CN1CCCC(Nc2cc(-c3ccccc3OCc3ccccc3)nc(OCC(N)=O)c2C#N)C1.CS(=O)c1cc(-c2ccccc2OCc2ccccc2)nc(OCC(N)=O)c1C#N. The standard InChI is InChI=1S/C27H29N5O3.C22H19N3O4S.C6H14N2/c1-32-13-7-10-20(16-32)30-24-14-23(31-27(22(24)15-28)35-18-26(29)33)21-11-5-6-12-25(21)34-17-19-8-3-2-4-9-19;1-30(27)20-11-18(25-22(17(20)12-23)29-14-21(24)26)16-9-5-6-10-19(16)28-13-15-7-3-2-4-8-15;1-8-4-2-3-6(7)5-8/h2-6,8-9,11-12,14,20H,7,10,13,16-18H2,1H3,(H2,29,33)(H,30,31);2-11H,13-14H2,1H3,(H2,24,26);6H,2-5,7H2,1H3. The molecular weight excluding hydrogens is 945 g/mol. The molecule has 0 saturated carbocycles. The largest absolute Gasteiger partial charge is 0.488 e. The molecule has 2 fully saturated rings. The van der Waals surface area contributed by atoms with Crippen LogP contribution in [0.2, 0.25) is 0 Å². The molecule has 380 valence electrons. The number of benzene rings is 4. The second-order valence-corrected chi connectivity index (χ2v) is 18.9. The monoisotopic (exact) mass is 1010 g/mol. The van der Waals surface area contributed by atoms with Crippen molar-refractivity contribution in [3.05, 3.63) is 144 Å². The maximum atomic E-state index is 12.2. The van der Waals surface area contributed by atoms with Crippen molar-refractivity contribution >= 4 is 28.3 Å². The van der Waals surface area contributed by atoms with E-state index in [-0.39, 0.29) is 40.4 Å². The molecule has 3 atom stereocenters. The van der Waals surface area contributed by atoms with E-state index in [0.717, 1.165) is 49.2 Å². The number of nitriles is 2. The summed E-state index contributed by atoms with van der Waals surface area (Å²) < 4.78 is 35.3. The van der Waals surface area contributed by atoms with E-state index in [0.29, 0.717) is 53.4 Å². The molecule has 4 aromatic carbocycles. The third-order valence-electron chi connectivity index (χ3n) is 11.6. The van der Waals surface area contributed by atoms with Gasteiger partial charge in [0.2, 0.25) is 11.8 Å². The number of carbonyl (C=O) groups excluding carboxylic acids is 2. The van der Waals surface area contributed by atoms with Crippen molar-refractivity contribution in [1.29, 1.82) is 10.5 Å². The maximum absolute atomic E-state index is 12.2. The Morgan fingerprint density at radius 3 is 1.59 bits per heavy atom. The van der Waals surface area contributed by atoms with Crippen molar-refractivity contribution in [3.63, 3.8) is 0 Å². The van der Waals surface area contributed by atoms with Crippen LogP contribution in [-0.2, 0) is 33.6 Å². The molecule has 18 heteroatoms. The summed E-state index contributed by atoms with van der Waals surface area (Å²) in [6, 6.07) is 42.6. The summed E-state index contributed by atoms with van der Waals surface area (Å²) in [5, 5.41) is 22.9. The number of primary amides is 2. The predicted molar refractivity (Wildman–Crippen MR) is 281 cm³/mol. The average molecular weight is 1010 g/mol. The molecule has 7 N–H and O–H groups in total. The Kier molecular flexibility index (Phi) is 20.6. The first kappa shape index (κ1) is 54.5. The van der Waals surface area contributed by atoms with Gasteiger partial charge >= 0.3 is 0 Å². The second-order valence-electron chi connectivity index (χ2n) is 17.6. The molecule has 0 radical (unpaired) electrons. The summed E-state index contributed by atoms with van der Waals surface area (Å²) in [6.45, 7) is 4.15. The van der Waals surface area contributed by atoms with E-state index < -0.39 is 29.2 Å². The molecule has 2 aromatic heterocycles. The molecule has 6 aromatic rings. The average Bonchev–Trinajstić information content (AvgIpc) is 3.39. The molecule has 73 heavy (non-hydrogen) atoms. The number of aromatic nitrogens is 2. The number of likely N-dealkylation sites (N-methyl/N-ethyl adjacent to an activating group) is 2. The number of nitrogens with two attached hydrogens (primary N) is 3. The van der Waals surface area contributed by atoms with Crippen LogP contribution in [0.5, 0.6) is 23.3 Å². The highest BCUT2D eigenvalue weighted by Gasteiger charge is 2.24. The molecule has 8 rings (SSSR count). The number of likely N-dealkylation sites (tertiary alicyclic amines) is 2. The van der Waals surface area contributed by atoms with E-state index in [1.54, 1.807) is 18.2 Å². The highest BCUT2D eigenvalue weighted by atomic mass is 32.2. The number of rotatable bonds is 17. The lowest BCUT2D eigenvalue weighted by Gasteiger charge is -2.31. The number of amides is 2. The van der Waals surface area contributed by atoms with Crippen LogP contribution >= 0.6 is 0 Å². The molecule has 3 unspecified atom stereocenters. The predicted octanol–water partition coefficient (Wildman–Crippen LogP) is 6.41. The third kappa shape index (κ3) is 16.6. The van der Waals surface area contributed by atoms with Gasteiger partial charge in [0, 0.05) is 42.6 Å². The van der Waals surface area contributed by atoms with Crippen LogP contribution in [0.25, 0.3) is 22.5 Å². The van der Waals surface area contributed by atoms with Gasteiger partial charge in [-0.1, -0.05) is 84.9 Å². The lowest BCUT2D eigenvalue weighted by atomic mass is 10.0. The molecule has 2 amide bonds. The van der Waals surface area contributed by atoms with E-state index in [9.17, 15) is 24.3 Å². The van der Waals surface area contributed by atoms with Crippen molar-refractivity contribution in [2.24, 2.45) is 17.2 Å². The van der Waals surface area contributed by atoms with Crippen molar-refractivity contribution in [3.8, 4) is 57.9 Å². The molecule has 2 aliphatic heterocycles. The molecule has 2 saturated heterocycles. The Labute approximate surface area is 429 Å². The summed E-state index contributed by atoms with van der Waals surface area (Å²) in [7, 11) is 2.72. The number of nitrogens with zero attached hydrogens (tertiary/aromatic N) is 6. The number of hydrogen-bond donors (Lipinski definition) is 4. The Morgan fingerprint density at radius 1 is 0.671 bits per heavy atom. The molecule has 0 spiro atoms. The Bertz CT molecular complexity index is 2890. The van der Waals surface area contributed by atoms with Crippen LogP contribution in [0.15, 0.2) is 126 Å². The van der Waals surface area contributed by atoms with Gasteiger partial charge in [0.05, 0.1) is 32.8 Å². The van der Waals surface area contributed by atoms with Crippen molar-refractivity contribution in [1.82, 2.24) is 19.8 Å². The van der Waals surface area contributed by atoms with Crippen LogP contribution in [-0.4, -0.2) is 108 Å². The van der Waals surface area contributed by atoms with Gasteiger partial charge in [-0.2, -0.15) is 10.5 Å². The first-order valence-corrected chi connectivity index (χ1v) is 25.3. The van der Waals surface area contributed by atoms with E-state index in [1.807, 2.05) is 109 Å². The van der Waals surface area contributed by atoms with Gasteiger partial charge in [0.25, 0.3) is 11.8 Å². The maximum Gasteiger partial charge on any atom is 0.255 e. The molecule has 0 bridgehead atoms. The van der Waals surface area contributed by atoms with Gasteiger partial charge in [-0.05, 0) is 100 Å². The number of ether oxygens (including phenoxy) is 4. The lowest BCUT2D eigenvalue weighted by molar-refractivity contribution is -0.120. The number of anilines is 1. The molecule has 4 heterocycles. The Hall–Kier alpha value is -7.87. The number of pyridine rings is 2. The van der Waals surface area contributed by atoms with E-state index in [4.69, 9.17) is 36.1 Å². The fourth-order valence-corrected chi connectivity index (χ4v) is 8.82. The topological polar surface area (TPSA) is 258 Å². The lowest BCUT2D eigenvalue weighted by Crippen LogP contribution is -2.40. The minimum atomic E-state index is -1.49. The number of carbonyl (C=O) groups is 2. The van der Waals surface area contributed by atoms with Crippen LogP contribution in [0.1, 0.15) is 47.9 Å². The van der Waals surface area contributed by atoms with Gasteiger partial charge < -0.3 is 51.3 Å². The smallest absolute Gasteiger partial charge is 0.255 e. The molecule has 17 nitrogen and oxygen atoms in total. The van der Waals surface area contributed by atoms with Crippen LogP contribution < -0.4 is 41.5 Å². The fourth-order valence-electron chi connectivity index (χ4n) is 8.13. The third-order valence-corrected chi connectivity index (χ3v) is 12.6. The Balaban J connectivity index is 0.000000208. The molecule has 2 aliphatic rings. The number of nitrogens with one attached hydrogen (secondary N) is 1. The summed E-state index contributed by atoms with van der Waals surface area (Å²) >= 11 is 0. The van der Waals surface area contributed by atoms with Gasteiger partial charge in [-0.3, -0.25) is 13.8 Å². The van der Waals surface area contributed by atoms with Gasteiger partial charge in [-0.15, -0.1) is 0 Å². The minimum Gasteiger partial charge on any atom is -0.488 e. The summed E-state index contributed by atoms with van der Waals surface area (Å²) in [5.74, 6) is -0.178. The van der Waals surface area contributed by atoms with Crippen molar-refractivity contribution < 1.29 is 32.7 Å². The van der Waals surface area contributed by atoms with Gasteiger partial charge in [-0.25, -0.2) is 9.97 Å². The zero-order chi connectivity index (χ0) is 52.1. The summed E-state index contributed by atoms with van der Waals surface area (Å²) in [4.78, 5) is 36.3.